The Bertz CT molecular complexity index is 509. The van der Waals surface area contributed by atoms with Crippen molar-refractivity contribution in [3.05, 3.63) is 18.2 Å². The first-order valence-electron chi connectivity index (χ1n) is 7.76. The molecule has 1 aliphatic heterocycles. The van der Waals surface area contributed by atoms with Gasteiger partial charge in [-0.25, -0.2) is 0 Å². The van der Waals surface area contributed by atoms with E-state index in [9.17, 15) is 4.79 Å². The lowest BCUT2D eigenvalue weighted by Crippen LogP contribution is -2.42. The molecule has 0 spiro atoms. The lowest BCUT2D eigenvalue weighted by atomic mass is 9.92. The molecule has 0 aliphatic carbocycles. The molecule has 1 aromatic carbocycles. The third-order valence-corrected chi connectivity index (χ3v) is 3.98. The number of ether oxygens (including phenoxy) is 2. The molecule has 1 aliphatic rings. The van der Waals surface area contributed by atoms with E-state index < -0.39 is 0 Å². The summed E-state index contributed by atoms with van der Waals surface area (Å²) in [5.41, 5.74) is 0.723. The summed E-state index contributed by atoms with van der Waals surface area (Å²) in [6.45, 7) is 6.90. The maximum Gasteiger partial charge on any atom is 0.238 e. The number of hydrogen-bond donors (Lipinski definition) is 1. The van der Waals surface area contributed by atoms with Gasteiger partial charge in [-0.1, -0.05) is 13.8 Å². The summed E-state index contributed by atoms with van der Waals surface area (Å²) < 4.78 is 10.4. The normalized spacial score (nSPS) is 22.2. The first-order valence-corrected chi connectivity index (χ1v) is 7.76. The van der Waals surface area contributed by atoms with Crippen LogP contribution in [0.5, 0.6) is 11.5 Å². The molecule has 1 amide bonds. The van der Waals surface area contributed by atoms with E-state index in [0.717, 1.165) is 18.8 Å². The largest absolute Gasteiger partial charge is 0.493 e. The van der Waals surface area contributed by atoms with Crippen LogP contribution in [0.25, 0.3) is 0 Å². The Kier molecular flexibility index (Phi) is 5.66. The quantitative estimate of drug-likeness (QED) is 0.908. The van der Waals surface area contributed by atoms with Gasteiger partial charge >= 0.3 is 0 Å². The number of carbonyl (C=O) groups excluding carboxylic acids is 1. The molecule has 1 N–H and O–H groups in total. The summed E-state index contributed by atoms with van der Waals surface area (Å²) in [6, 6.07) is 5.39. The Hall–Kier alpha value is -1.75. The second-order valence-corrected chi connectivity index (χ2v) is 6.26. The zero-order valence-electron chi connectivity index (χ0n) is 13.9. The number of nitrogens with zero attached hydrogens (tertiary/aromatic N) is 1. The fraction of sp³-hybridized carbons (Fsp3) is 0.588. The number of benzene rings is 1. The standard InChI is InChI=1S/C17H26N2O3/c1-12-7-13(2)10-19(9-12)11-17(20)18-14-5-6-15(21-3)16(8-14)22-4/h5-6,8,12-13H,7,9-11H2,1-4H3,(H,18,20)/t12-,13-/m0/s1. The minimum atomic E-state index is 0.00789. The summed E-state index contributed by atoms with van der Waals surface area (Å²) in [5.74, 6) is 2.57. The van der Waals surface area contributed by atoms with Crippen LogP contribution in [0.4, 0.5) is 5.69 Å². The van der Waals surface area contributed by atoms with Crippen molar-refractivity contribution in [1.82, 2.24) is 4.90 Å². The zero-order valence-corrected chi connectivity index (χ0v) is 13.9. The molecule has 0 aromatic heterocycles. The number of rotatable bonds is 5. The maximum absolute atomic E-state index is 12.2. The van der Waals surface area contributed by atoms with Crippen molar-refractivity contribution < 1.29 is 14.3 Å². The summed E-state index contributed by atoms with van der Waals surface area (Å²) in [4.78, 5) is 14.5. The van der Waals surface area contributed by atoms with Gasteiger partial charge in [0.2, 0.25) is 5.91 Å². The monoisotopic (exact) mass is 306 g/mol. The van der Waals surface area contributed by atoms with E-state index in [1.165, 1.54) is 6.42 Å². The van der Waals surface area contributed by atoms with Gasteiger partial charge < -0.3 is 14.8 Å². The van der Waals surface area contributed by atoms with Crippen molar-refractivity contribution in [2.75, 3.05) is 39.2 Å². The van der Waals surface area contributed by atoms with Crippen molar-refractivity contribution in [3.63, 3.8) is 0 Å². The summed E-state index contributed by atoms with van der Waals surface area (Å²) >= 11 is 0. The Balaban J connectivity index is 1.94. The lowest BCUT2D eigenvalue weighted by molar-refractivity contribution is -0.117. The lowest BCUT2D eigenvalue weighted by Gasteiger charge is -2.34. The highest BCUT2D eigenvalue weighted by molar-refractivity contribution is 5.92. The minimum absolute atomic E-state index is 0.00789. The molecular weight excluding hydrogens is 280 g/mol. The van der Waals surface area contributed by atoms with Gasteiger partial charge in [-0.05, 0) is 30.4 Å². The molecule has 22 heavy (non-hydrogen) atoms. The number of carbonyl (C=O) groups is 1. The fourth-order valence-corrected chi connectivity index (χ4v) is 3.24. The number of likely N-dealkylation sites (tertiary alicyclic amines) is 1. The van der Waals surface area contributed by atoms with Gasteiger partial charge in [-0.15, -0.1) is 0 Å². The predicted octanol–water partition coefficient (Wildman–Crippen LogP) is 2.62. The first-order chi connectivity index (χ1) is 10.5. The van der Waals surface area contributed by atoms with Crippen molar-refractivity contribution in [2.45, 2.75) is 20.3 Å². The van der Waals surface area contributed by atoms with Crippen LogP contribution < -0.4 is 14.8 Å². The smallest absolute Gasteiger partial charge is 0.238 e. The van der Waals surface area contributed by atoms with Gasteiger partial charge in [0, 0.05) is 24.8 Å². The van der Waals surface area contributed by atoms with Gasteiger partial charge in [0.05, 0.1) is 20.8 Å². The van der Waals surface area contributed by atoms with E-state index in [1.54, 1.807) is 26.4 Å². The van der Waals surface area contributed by atoms with E-state index in [2.05, 4.69) is 24.1 Å². The average molecular weight is 306 g/mol. The van der Waals surface area contributed by atoms with Crippen molar-refractivity contribution >= 4 is 11.6 Å². The van der Waals surface area contributed by atoms with Crippen molar-refractivity contribution in [2.24, 2.45) is 11.8 Å². The molecule has 1 fully saturated rings. The topological polar surface area (TPSA) is 50.8 Å². The summed E-state index contributed by atoms with van der Waals surface area (Å²) in [7, 11) is 3.18. The van der Waals surface area contributed by atoms with E-state index in [0.29, 0.717) is 29.9 Å². The van der Waals surface area contributed by atoms with Gasteiger partial charge in [0.15, 0.2) is 11.5 Å². The molecule has 0 unspecified atom stereocenters. The number of piperidine rings is 1. The Morgan fingerprint density at radius 2 is 1.82 bits per heavy atom. The first kappa shape index (κ1) is 16.6. The molecule has 1 heterocycles. The van der Waals surface area contributed by atoms with Crippen LogP contribution in [0, 0.1) is 11.8 Å². The predicted molar refractivity (Wildman–Crippen MR) is 87.6 cm³/mol. The van der Waals surface area contributed by atoms with E-state index in [-0.39, 0.29) is 5.91 Å². The molecule has 2 atom stereocenters. The molecule has 1 saturated heterocycles. The summed E-state index contributed by atoms with van der Waals surface area (Å²) in [6.07, 6.45) is 1.24. The molecule has 0 radical (unpaired) electrons. The summed E-state index contributed by atoms with van der Waals surface area (Å²) in [5, 5.41) is 2.93. The van der Waals surface area contributed by atoms with Crippen molar-refractivity contribution in [1.29, 1.82) is 0 Å². The molecule has 0 bridgehead atoms. The Labute approximate surface area is 132 Å². The highest BCUT2D eigenvalue weighted by Gasteiger charge is 2.23. The Morgan fingerprint density at radius 3 is 2.41 bits per heavy atom. The van der Waals surface area contributed by atoms with Crippen LogP contribution in [-0.2, 0) is 4.79 Å². The van der Waals surface area contributed by atoms with E-state index >= 15 is 0 Å². The molecule has 5 heteroatoms. The third kappa shape index (κ3) is 4.37. The number of hydrogen-bond acceptors (Lipinski definition) is 4. The molecule has 0 saturated carbocycles. The Morgan fingerprint density at radius 1 is 1.18 bits per heavy atom. The van der Waals surface area contributed by atoms with E-state index in [1.807, 2.05) is 6.07 Å². The number of nitrogens with one attached hydrogen (secondary N) is 1. The highest BCUT2D eigenvalue weighted by atomic mass is 16.5. The van der Waals surface area contributed by atoms with E-state index in [4.69, 9.17) is 9.47 Å². The van der Waals surface area contributed by atoms with Gasteiger partial charge in [-0.2, -0.15) is 0 Å². The fourth-order valence-electron chi connectivity index (χ4n) is 3.24. The molecule has 5 nitrogen and oxygen atoms in total. The van der Waals surface area contributed by atoms with Gasteiger partial charge in [-0.3, -0.25) is 9.69 Å². The third-order valence-electron chi connectivity index (χ3n) is 3.98. The molecule has 2 rings (SSSR count). The number of anilines is 1. The second-order valence-electron chi connectivity index (χ2n) is 6.26. The van der Waals surface area contributed by atoms with Crippen LogP contribution in [0.15, 0.2) is 18.2 Å². The molecule has 122 valence electrons. The molecule has 1 aromatic rings. The van der Waals surface area contributed by atoms with Gasteiger partial charge in [0.1, 0.15) is 0 Å². The zero-order chi connectivity index (χ0) is 16.1. The van der Waals surface area contributed by atoms with Crippen LogP contribution in [0.3, 0.4) is 0 Å². The SMILES string of the molecule is COc1ccc(NC(=O)CN2C[C@@H](C)C[C@H](C)C2)cc1OC. The minimum Gasteiger partial charge on any atom is -0.493 e. The average Bonchev–Trinajstić information content (AvgIpc) is 2.45. The second kappa shape index (κ2) is 7.49. The van der Waals surface area contributed by atoms with Crippen LogP contribution in [-0.4, -0.2) is 44.7 Å². The van der Waals surface area contributed by atoms with Crippen LogP contribution in [0.1, 0.15) is 20.3 Å². The number of amides is 1. The van der Waals surface area contributed by atoms with Crippen LogP contribution in [0.2, 0.25) is 0 Å². The van der Waals surface area contributed by atoms with Crippen molar-refractivity contribution in [3.8, 4) is 11.5 Å². The maximum atomic E-state index is 12.2. The molecular formula is C17H26N2O3. The highest BCUT2D eigenvalue weighted by Crippen LogP contribution is 2.29. The van der Waals surface area contributed by atoms with Crippen LogP contribution >= 0.6 is 0 Å². The van der Waals surface area contributed by atoms with Gasteiger partial charge in [0.25, 0.3) is 0 Å². The number of methoxy groups -OCH3 is 2.